The van der Waals surface area contributed by atoms with Gasteiger partial charge in [-0.3, -0.25) is 4.79 Å². The van der Waals surface area contributed by atoms with Crippen LogP contribution in [0.4, 0.5) is 19.0 Å². The number of hydrogen-bond acceptors (Lipinski definition) is 5. The molecule has 0 bridgehead atoms. The molecule has 1 aromatic rings. The highest BCUT2D eigenvalue weighted by molar-refractivity contribution is 5.73. The Kier molecular flexibility index (Phi) is 4.18. The molecule has 0 radical (unpaired) electrons. The van der Waals surface area contributed by atoms with Crippen molar-refractivity contribution in [1.82, 2.24) is 4.98 Å². The first-order chi connectivity index (χ1) is 8.38. The first-order valence-corrected chi connectivity index (χ1v) is 4.55. The average molecular weight is 264 g/mol. The molecule has 0 aromatic carbocycles. The van der Waals surface area contributed by atoms with Crippen LogP contribution in [0, 0.1) is 15.9 Å². The van der Waals surface area contributed by atoms with Crippen molar-refractivity contribution in [2.24, 2.45) is 0 Å². The lowest BCUT2D eigenvalue weighted by Crippen LogP contribution is -2.12. The molecule has 0 aliphatic carbocycles. The van der Waals surface area contributed by atoms with Gasteiger partial charge in [0.05, 0.1) is 13.5 Å². The molecule has 0 unspecified atom stereocenters. The molecule has 98 valence electrons. The molecule has 0 aliphatic heterocycles. The summed E-state index contributed by atoms with van der Waals surface area (Å²) in [7, 11) is 0.984. The smallest absolute Gasteiger partial charge is 0.372 e. The predicted molar refractivity (Wildman–Crippen MR) is 51.5 cm³/mol. The minimum atomic E-state index is -3.33. The second kappa shape index (κ2) is 5.43. The molecular weight excluding hydrogens is 257 g/mol. The van der Waals surface area contributed by atoms with Crippen LogP contribution in [-0.2, 0) is 16.0 Å². The second-order valence-corrected chi connectivity index (χ2v) is 3.13. The first kappa shape index (κ1) is 13.9. The van der Waals surface area contributed by atoms with Gasteiger partial charge in [-0.15, -0.1) is 0 Å². The molecular formula is C9H7F3N2O4. The Morgan fingerprint density at radius 3 is 2.67 bits per heavy atom. The van der Waals surface area contributed by atoms with Crippen molar-refractivity contribution in [3.05, 3.63) is 33.3 Å². The van der Waals surface area contributed by atoms with Gasteiger partial charge in [0.2, 0.25) is 0 Å². The molecule has 18 heavy (non-hydrogen) atoms. The van der Waals surface area contributed by atoms with Gasteiger partial charge < -0.3 is 14.9 Å². The van der Waals surface area contributed by atoms with Crippen molar-refractivity contribution < 1.29 is 27.6 Å². The normalized spacial score (nSPS) is 10.5. The van der Waals surface area contributed by atoms with E-state index < -0.39 is 46.5 Å². The number of esters is 1. The third-order valence-electron chi connectivity index (χ3n) is 2.09. The van der Waals surface area contributed by atoms with Crippen LogP contribution in [0.2, 0.25) is 0 Å². The maximum absolute atomic E-state index is 13.3. The zero-order valence-corrected chi connectivity index (χ0v) is 9.02. The molecule has 1 aromatic heterocycles. The Labute approximate surface area is 98.5 Å². The highest BCUT2D eigenvalue weighted by atomic mass is 19.3. The molecule has 0 saturated carbocycles. The average Bonchev–Trinajstić information content (AvgIpc) is 2.30. The van der Waals surface area contributed by atoms with Crippen LogP contribution in [-0.4, -0.2) is 23.0 Å². The van der Waals surface area contributed by atoms with E-state index in [9.17, 15) is 28.1 Å². The number of rotatable bonds is 4. The predicted octanol–water partition coefficient (Wildman–Crippen LogP) is 1.78. The van der Waals surface area contributed by atoms with E-state index in [0.717, 1.165) is 7.11 Å². The Hall–Kier alpha value is -2.19. The molecule has 0 saturated heterocycles. The van der Waals surface area contributed by atoms with Gasteiger partial charge in [0.25, 0.3) is 6.43 Å². The lowest BCUT2D eigenvalue weighted by Gasteiger charge is -2.08. The summed E-state index contributed by atoms with van der Waals surface area (Å²) in [5.74, 6) is -3.39. The van der Waals surface area contributed by atoms with Crippen molar-refractivity contribution in [2.75, 3.05) is 7.11 Å². The largest absolute Gasteiger partial charge is 0.469 e. The lowest BCUT2D eigenvalue weighted by molar-refractivity contribution is -0.391. The molecule has 0 atom stereocenters. The van der Waals surface area contributed by atoms with E-state index >= 15 is 0 Å². The summed E-state index contributed by atoms with van der Waals surface area (Å²) in [5, 5.41) is 10.5. The molecule has 9 heteroatoms. The number of hydrogen-bond donors (Lipinski definition) is 0. The number of pyridine rings is 1. The zero-order valence-electron chi connectivity index (χ0n) is 9.02. The molecule has 0 fully saturated rings. The van der Waals surface area contributed by atoms with Gasteiger partial charge in [-0.1, -0.05) is 0 Å². The van der Waals surface area contributed by atoms with Gasteiger partial charge >= 0.3 is 11.8 Å². The number of ether oxygens (including phenoxy) is 1. The van der Waals surface area contributed by atoms with E-state index in [4.69, 9.17) is 0 Å². The van der Waals surface area contributed by atoms with Crippen molar-refractivity contribution in [1.29, 1.82) is 0 Å². The number of methoxy groups -OCH3 is 1. The van der Waals surface area contributed by atoms with Crippen LogP contribution in [0.1, 0.15) is 17.6 Å². The fourth-order valence-electron chi connectivity index (χ4n) is 1.30. The first-order valence-electron chi connectivity index (χ1n) is 4.55. The van der Waals surface area contributed by atoms with Crippen LogP contribution < -0.4 is 0 Å². The third kappa shape index (κ3) is 2.73. The van der Waals surface area contributed by atoms with Gasteiger partial charge in [-0.2, -0.15) is 0 Å². The van der Waals surface area contributed by atoms with E-state index in [1.165, 1.54) is 0 Å². The highest BCUT2D eigenvalue weighted by Gasteiger charge is 2.31. The van der Waals surface area contributed by atoms with Gasteiger partial charge in [0.15, 0.2) is 12.0 Å². The van der Waals surface area contributed by atoms with Gasteiger partial charge in [0, 0.05) is 5.56 Å². The fourth-order valence-corrected chi connectivity index (χ4v) is 1.30. The number of nitro groups is 1. The molecule has 0 aliphatic rings. The molecule has 0 N–H and O–H groups in total. The van der Waals surface area contributed by atoms with E-state index in [-0.39, 0.29) is 0 Å². The summed E-state index contributed by atoms with van der Waals surface area (Å²) in [4.78, 5) is 23.3. The number of nitrogens with zero attached hydrogens (tertiary/aromatic N) is 2. The Morgan fingerprint density at radius 2 is 2.22 bits per heavy atom. The summed E-state index contributed by atoms with van der Waals surface area (Å²) >= 11 is 0. The molecule has 0 amide bonds. The fraction of sp³-hybridized carbons (Fsp3) is 0.333. The van der Waals surface area contributed by atoms with E-state index in [2.05, 4.69) is 9.72 Å². The number of halogens is 3. The minimum Gasteiger partial charge on any atom is -0.469 e. The number of carbonyl (C=O) groups is 1. The van der Waals surface area contributed by atoms with E-state index in [1.54, 1.807) is 0 Å². The van der Waals surface area contributed by atoms with Gasteiger partial charge in [-0.05, 0) is 9.91 Å². The summed E-state index contributed by atoms with van der Waals surface area (Å²) in [5.41, 5.74) is -1.98. The van der Waals surface area contributed by atoms with Crippen molar-refractivity contribution >= 4 is 11.8 Å². The topological polar surface area (TPSA) is 82.3 Å². The Morgan fingerprint density at radius 1 is 1.61 bits per heavy atom. The number of alkyl halides is 2. The summed E-state index contributed by atoms with van der Waals surface area (Å²) in [6, 6.07) is 0. The standard InChI is InChI=1S/C9H7F3N2O4/c1-18-6(15)2-4-5(10)3-13-9(14(16)17)7(4)8(11)12/h3,8H,2H2,1H3. The monoisotopic (exact) mass is 264 g/mol. The number of aromatic nitrogens is 1. The Balaban J connectivity index is 3.41. The maximum Gasteiger partial charge on any atom is 0.372 e. The molecule has 1 heterocycles. The highest BCUT2D eigenvalue weighted by Crippen LogP contribution is 2.32. The Bertz CT molecular complexity index is 493. The SMILES string of the molecule is COC(=O)Cc1c(F)cnc([N+](=O)[O-])c1C(F)F. The van der Waals surface area contributed by atoms with Crippen LogP contribution in [0.3, 0.4) is 0 Å². The van der Waals surface area contributed by atoms with Crippen molar-refractivity contribution in [3.8, 4) is 0 Å². The number of carbonyl (C=O) groups excluding carboxylic acids is 1. The summed E-state index contributed by atoms with van der Waals surface area (Å²) < 4.78 is 43.0. The maximum atomic E-state index is 13.3. The summed E-state index contributed by atoms with van der Waals surface area (Å²) in [6.45, 7) is 0. The van der Waals surface area contributed by atoms with Crippen LogP contribution in [0.25, 0.3) is 0 Å². The van der Waals surface area contributed by atoms with Gasteiger partial charge in [0.1, 0.15) is 5.56 Å². The van der Waals surface area contributed by atoms with Crippen LogP contribution in [0.15, 0.2) is 6.20 Å². The van der Waals surface area contributed by atoms with Gasteiger partial charge in [-0.25, -0.2) is 13.2 Å². The molecule has 6 nitrogen and oxygen atoms in total. The van der Waals surface area contributed by atoms with Crippen LogP contribution in [0.5, 0.6) is 0 Å². The van der Waals surface area contributed by atoms with Crippen molar-refractivity contribution in [2.45, 2.75) is 12.8 Å². The lowest BCUT2D eigenvalue weighted by atomic mass is 10.1. The van der Waals surface area contributed by atoms with E-state index in [0.29, 0.717) is 6.20 Å². The molecule has 0 spiro atoms. The second-order valence-electron chi connectivity index (χ2n) is 3.13. The van der Waals surface area contributed by atoms with E-state index in [1.807, 2.05) is 0 Å². The van der Waals surface area contributed by atoms with Crippen molar-refractivity contribution in [3.63, 3.8) is 0 Å². The third-order valence-corrected chi connectivity index (χ3v) is 2.09. The molecule has 1 rings (SSSR count). The minimum absolute atomic E-state index is 0.419. The van der Waals surface area contributed by atoms with Crippen LogP contribution >= 0.6 is 0 Å². The zero-order chi connectivity index (χ0) is 13.9. The summed E-state index contributed by atoms with van der Waals surface area (Å²) in [6.07, 6.45) is -3.73. The quantitative estimate of drug-likeness (QED) is 0.470.